The summed E-state index contributed by atoms with van der Waals surface area (Å²) in [5.74, 6) is 0.0433. The van der Waals surface area contributed by atoms with Gasteiger partial charge in [0.1, 0.15) is 0 Å². The number of likely N-dealkylation sites (N-methyl/N-ethyl adjacent to an activating group) is 1. The molecule has 2 rings (SSSR count). The van der Waals surface area contributed by atoms with Gasteiger partial charge in [0.2, 0.25) is 5.91 Å². The Bertz CT molecular complexity index is 554. The third-order valence-corrected chi connectivity index (χ3v) is 2.97. The van der Waals surface area contributed by atoms with Crippen LogP contribution in [-0.4, -0.2) is 22.8 Å². The number of nitrogens with two attached hydrogens (primary N) is 1. The molecule has 98 valence electrons. The molecule has 0 atom stereocenters. The summed E-state index contributed by atoms with van der Waals surface area (Å²) >= 11 is 0. The van der Waals surface area contributed by atoms with Gasteiger partial charge in [0, 0.05) is 31.7 Å². The van der Waals surface area contributed by atoms with E-state index >= 15 is 0 Å². The van der Waals surface area contributed by atoms with Gasteiger partial charge in [-0.05, 0) is 23.3 Å². The summed E-state index contributed by atoms with van der Waals surface area (Å²) in [7, 11) is 1.79. The van der Waals surface area contributed by atoms with E-state index in [1.807, 2.05) is 36.4 Å². The Kier molecular flexibility index (Phi) is 4.13. The summed E-state index contributed by atoms with van der Waals surface area (Å²) in [6.07, 6.45) is 3.81. The van der Waals surface area contributed by atoms with Crippen molar-refractivity contribution < 1.29 is 4.79 Å². The van der Waals surface area contributed by atoms with E-state index in [1.54, 1.807) is 24.3 Å². The molecule has 0 saturated heterocycles. The van der Waals surface area contributed by atoms with Crippen molar-refractivity contribution in [3.63, 3.8) is 0 Å². The number of nitrogens with zero attached hydrogens (tertiary/aromatic N) is 2. The van der Waals surface area contributed by atoms with Gasteiger partial charge in [-0.2, -0.15) is 0 Å². The maximum absolute atomic E-state index is 12.1. The number of rotatable bonds is 4. The predicted molar refractivity (Wildman–Crippen MR) is 75.3 cm³/mol. The Balaban J connectivity index is 1.99. The van der Waals surface area contributed by atoms with Gasteiger partial charge in [-0.3, -0.25) is 9.78 Å². The molecule has 0 aliphatic rings. The van der Waals surface area contributed by atoms with Crippen molar-refractivity contribution in [2.45, 2.75) is 13.0 Å². The van der Waals surface area contributed by atoms with Crippen LogP contribution < -0.4 is 5.73 Å². The topological polar surface area (TPSA) is 59.2 Å². The SMILES string of the molecule is CN(Cc1cccnc1)C(=O)Cc1ccccc1N. The monoisotopic (exact) mass is 255 g/mol. The zero-order valence-corrected chi connectivity index (χ0v) is 10.9. The van der Waals surface area contributed by atoms with Crippen molar-refractivity contribution >= 4 is 11.6 Å². The van der Waals surface area contributed by atoms with Crippen LogP contribution in [0.4, 0.5) is 5.69 Å². The largest absolute Gasteiger partial charge is 0.398 e. The van der Waals surface area contributed by atoms with Crippen LogP contribution in [0.1, 0.15) is 11.1 Å². The molecular formula is C15H17N3O. The molecule has 1 aromatic carbocycles. The number of hydrogen-bond donors (Lipinski definition) is 1. The van der Waals surface area contributed by atoms with E-state index in [2.05, 4.69) is 4.98 Å². The second-order valence-corrected chi connectivity index (χ2v) is 4.49. The number of carbonyl (C=O) groups excluding carboxylic acids is 1. The summed E-state index contributed by atoms with van der Waals surface area (Å²) in [6.45, 7) is 0.555. The molecule has 0 spiro atoms. The Hall–Kier alpha value is -2.36. The van der Waals surface area contributed by atoms with Crippen LogP contribution in [0.5, 0.6) is 0 Å². The number of anilines is 1. The summed E-state index contributed by atoms with van der Waals surface area (Å²) in [6, 6.07) is 11.3. The molecule has 0 saturated carbocycles. The Morgan fingerprint density at radius 1 is 1.26 bits per heavy atom. The summed E-state index contributed by atoms with van der Waals surface area (Å²) < 4.78 is 0. The lowest BCUT2D eigenvalue weighted by molar-refractivity contribution is -0.129. The lowest BCUT2D eigenvalue weighted by Gasteiger charge is -2.17. The van der Waals surface area contributed by atoms with E-state index in [0.29, 0.717) is 18.7 Å². The van der Waals surface area contributed by atoms with Crippen LogP contribution in [0.2, 0.25) is 0 Å². The minimum atomic E-state index is 0.0433. The van der Waals surface area contributed by atoms with Gasteiger partial charge in [0.05, 0.1) is 6.42 Å². The molecule has 1 heterocycles. The average molecular weight is 255 g/mol. The fraction of sp³-hybridized carbons (Fsp3) is 0.200. The highest BCUT2D eigenvalue weighted by molar-refractivity contribution is 5.80. The molecule has 2 N–H and O–H groups in total. The molecule has 4 nitrogen and oxygen atoms in total. The van der Waals surface area contributed by atoms with Crippen molar-refractivity contribution in [1.82, 2.24) is 9.88 Å². The van der Waals surface area contributed by atoms with Crippen molar-refractivity contribution in [1.29, 1.82) is 0 Å². The lowest BCUT2D eigenvalue weighted by Crippen LogP contribution is -2.28. The predicted octanol–water partition coefficient (Wildman–Crippen LogP) is 1.86. The minimum Gasteiger partial charge on any atom is -0.398 e. The number of amides is 1. The molecular weight excluding hydrogens is 238 g/mol. The second kappa shape index (κ2) is 6.00. The van der Waals surface area contributed by atoms with E-state index in [-0.39, 0.29) is 5.91 Å². The van der Waals surface area contributed by atoms with Crippen molar-refractivity contribution in [2.75, 3.05) is 12.8 Å². The van der Waals surface area contributed by atoms with Gasteiger partial charge < -0.3 is 10.6 Å². The van der Waals surface area contributed by atoms with E-state index in [9.17, 15) is 4.79 Å². The van der Waals surface area contributed by atoms with E-state index in [4.69, 9.17) is 5.73 Å². The smallest absolute Gasteiger partial charge is 0.227 e. The summed E-state index contributed by atoms with van der Waals surface area (Å²) in [5, 5.41) is 0. The third kappa shape index (κ3) is 3.55. The molecule has 1 aromatic heterocycles. The highest BCUT2D eigenvalue weighted by Crippen LogP contribution is 2.12. The second-order valence-electron chi connectivity index (χ2n) is 4.49. The van der Waals surface area contributed by atoms with Gasteiger partial charge in [-0.25, -0.2) is 0 Å². The molecule has 1 amide bonds. The Labute approximate surface area is 112 Å². The van der Waals surface area contributed by atoms with Crippen LogP contribution in [0.15, 0.2) is 48.8 Å². The quantitative estimate of drug-likeness (QED) is 0.848. The van der Waals surface area contributed by atoms with Crippen LogP contribution in [0.3, 0.4) is 0 Å². The number of para-hydroxylation sites is 1. The van der Waals surface area contributed by atoms with E-state index in [0.717, 1.165) is 11.1 Å². The highest BCUT2D eigenvalue weighted by Gasteiger charge is 2.11. The minimum absolute atomic E-state index is 0.0433. The first-order chi connectivity index (χ1) is 9.16. The lowest BCUT2D eigenvalue weighted by atomic mass is 10.1. The highest BCUT2D eigenvalue weighted by atomic mass is 16.2. The fourth-order valence-corrected chi connectivity index (χ4v) is 1.85. The standard InChI is InChI=1S/C15H17N3O/c1-18(11-12-5-4-8-17-10-12)15(19)9-13-6-2-3-7-14(13)16/h2-8,10H,9,11,16H2,1H3. The number of carbonyl (C=O) groups is 1. The molecule has 0 radical (unpaired) electrons. The number of pyridine rings is 1. The maximum Gasteiger partial charge on any atom is 0.227 e. The summed E-state index contributed by atoms with van der Waals surface area (Å²) in [5.41, 5.74) is 8.38. The van der Waals surface area contributed by atoms with Crippen LogP contribution in [0, 0.1) is 0 Å². The Morgan fingerprint density at radius 2 is 2.05 bits per heavy atom. The first-order valence-electron chi connectivity index (χ1n) is 6.13. The van der Waals surface area contributed by atoms with Gasteiger partial charge in [-0.1, -0.05) is 24.3 Å². The molecule has 0 aliphatic carbocycles. The normalized spacial score (nSPS) is 10.2. The van der Waals surface area contributed by atoms with Gasteiger partial charge in [0.15, 0.2) is 0 Å². The first-order valence-corrected chi connectivity index (χ1v) is 6.13. The molecule has 19 heavy (non-hydrogen) atoms. The average Bonchev–Trinajstić information content (AvgIpc) is 2.42. The molecule has 0 bridgehead atoms. The zero-order chi connectivity index (χ0) is 13.7. The van der Waals surface area contributed by atoms with Crippen molar-refractivity contribution in [3.8, 4) is 0 Å². The molecule has 0 unspecified atom stereocenters. The number of hydrogen-bond acceptors (Lipinski definition) is 3. The molecule has 0 aliphatic heterocycles. The number of aromatic nitrogens is 1. The van der Waals surface area contributed by atoms with Crippen LogP contribution >= 0.6 is 0 Å². The molecule has 4 heteroatoms. The fourth-order valence-electron chi connectivity index (χ4n) is 1.85. The van der Waals surface area contributed by atoms with Crippen LogP contribution in [-0.2, 0) is 17.8 Å². The molecule has 0 fully saturated rings. The van der Waals surface area contributed by atoms with Gasteiger partial charge in [-0.15, -0.1) is 0 Å². The summed E-state index contributed by atoms with van der Waals surface area (Å²) in [4.78, 5) is 17.8. The third-order valence-electron chi connectivity index (χ3n) is 2.97. The molecule has 2 aromatic rings. The van der Waals surface area contributed by atoms with Crippen molar-refractivity contribution in [3.05, 3.63) is 59.9 Å². The zero-order valence-electron chi connectivity index (χ0n) is 10.9. The van der Waals surface area contributed by atoms with Gasteiger partial charge in [0.25, 0.3) is 0 Å². The van der Waals surface area contributed by atoms with E-state index in [1.165, 1.54) is 0 Å². The number of nitrogen functional groups attached to an aromatic ring is 1. The van der Waals surface area contributed by atoms with Crippen LogP contribution in [0.25, 0.3) is 0 Å². The first kappa shape index (κ1) is 13.1. The van der Waals surface area contributed by atoms with Crippen molar-refractivity contribution in [2.24, 2.45) is 0 Å². The van der Waals surface area contributed by atoms with Gasteiger partial charge >= 0.3 is 0 Å². The number of benzene rings is 1. The van der Waals surface area contributed by atoms with E-state index < -0.39 is 0 Å². The maximum atomic E-state index is 12.1. The Morgan fingerprint density at radius 3 is 2.74 bits per heavy atom.